The van der Waals surface area contributed by atoms with Gasteiger partial charge in [0.15, 0.2) is 34.9 Å². The Balaban J connectivity index is 1.27. The molecule has 286 valence electrons. The van der Waals surface area contributed by atoms with Gasteiger partial charge in [0.25, 0.3) is 0 Å². The van der Waals surface area contributed by atoms with Gasteiger partial charge < -0.3 is 4.57 Å². The number of aromatic nitrogens is 7. The van der Waals surface area contributed by atoms with Crippen molar-refractivity contribution in [3.05, 3.63) is 212 Å². The summed E-state index contributed by atoms with van der Waals surface area (Å²) < 4.78 is 89.1. The smallest absolute Gasteiger partial charge is 0.166 e. The molecule has 0 bridgehead atoms. The van der Waals surface area contributed by atoms with Gasteiger partial charge in [0, 0.05) is 44.2 Å². The monoisotopic (exact) mass is 791 g/mol. The fraction of sp³-hybridized carbons (Fsp3) is 0. The van der Waals surface area contributed by atoms with Crippen LogP contribution in [-0.2, 0) is 0 Å². The minimum absolute atomic E-state index is 0.119. The van der Waals surface area contributed by atoms with Gasteiger partial charge in [-0.3, -0.25) is 0 Å². The van der Waals surface area contributed by atoms with Crippen LogP contribution in [0.4, 0.5) is 0 Å². The predicted octanol–water partition coefficient (Wildman–Crippen LogP) is 12.8. The predicted molar refractivity (Wildman–Crippen MR) is 246 cm³/mol. The average molecular weight is 792 g/mol. The Bertz CT molecular complexity index is 3740. The normalized spacial score (nSPS) is 13.6. The second kappa shape index (κ2) is 15.4. The molecule has 0 aliphatic rings. The highest BCUT2D eigenvalue weighted by atomic mass is 15.1. The third-order valence-corrected chi connectivity index (χ3v) is 10.3. The molecule has 0 atom stereocenters. The van der Waals surface area contributed by atoms with Gasteiger partial charge in [-0.25, -0.2) is 29.9 Å². The molecule has 0 aliphatic carbocycles. The highest BCUT2D eigenvalue weighted by Gasteiger charge is 2.23. The first-order chi connectivity index (χ1) is 34.4. The van der Waals surface area contributed by atoms with Crippen molar-refractivity contribution in [3.8, 4) is 85.1 Å². The van der Waals surface area contributed by atoms with Crippen molar-refractivity contribution in [2.24, 2.45) is 0 Å². The fourth-order valence-electron chi connectivity index (χ4n) is 7.57. The molecule has 7 nitrogen and oxygen atoms in total. The third-order valence-electron chi connectivity index (χ3n) is 10.3. The summed E-state index contributed by atoms with van der Waals surface area (Å²) in [6, 6.07) is 42.2. The molecule has 0 radical (unpaired) electrons. The number of fused-ring (bicyclic) bond motifs is 3. The van der Waals surface area contributed by atoms with Crippen molar-refractivity contribution in [3.63, 3.8) is 0 Å². The molecule has 0 fully saturated rings. The Labute approximate surface area is 366 Å². The van der Waals surface area contributed by atoms with Gasteiger partial charge in [0.05, 0.1) is 30.4 Å². The van der Waals surface area contributed by atoms with Crippen molar-refractivity contribution in [2.45, 2.75) is 0 Å². The van der Waals surface area contributed by atoms with Crippen LogP contribution in [0.2, 0.25) is 0 Å². The van der Waals surface area contributed by atoms with Crippen LogP contribution in [0, 0.1) is 0 Å². The number of hydrogen-bond donors (Lipinski definition) is 0. The van der Waals surface area contributed by atoms with Crippen LogP contribution in [0.15, 0.2) is 212 Å². The van der Waals surface area contributed by atoms with Crippen molar-refractivity contribution in [1.82, 2.24) is 34.5 Å². The molecule has 61 heavy (non-hydrogen) atoms. The number of benzene rings is 8. The van der Waals surface area contributed by atoms with E-state index in [4.69, 9.17) is 38.6 Å². The van der Waals surface area contributed by atoms with Gasteiger partial charge >= 0.3 is 0 Å². The summed E-state index contributed by atoms with van der Waals surface area (Å²) in [6.07, 6.45) is 0. The van der Waals surface area contributed by atoms with Gasteiger partial charge in [-0.05, 0) is 41.5 Å². The number of nitrogens with zero attached hydrogens (tertiary/aromatic N) is 7. The fourth-order valence-corrected chi connectivity index (χ4v) is 7.57. The van der Waals surface area contributed by atoms with Crippen LogP contribution in [-0.4, -0.2) is 34.5 Å². The molecule has 0 amide bonds. The zero-order chi connectivity index (χ0) is 49.2. The van der Waals surface area contributed by atoms with Crippen LogP contribution in [0.25, 0.3) is 107 Å². The molecular formula is C54H35N7. The van der Waals surface area contributed by atoms with Gasteiger partial charge in [-0.1, -0.05) is 182 Å². The van der Waals surface area contributed by atoms with E-state index in [2.05, 4.69) is 27.8 Å². The van der Waals surface area contributed by atoms with E-state index in [1.54, 1.807) is 6.07 Å². The van der Waals surface area contributed by atoms with Gasteiger partial charge in [0.2, 0.25) is 0 Å². The molecule has 3 aromatic heterocycles. The van der Waals surface area contributed by atoms with Gasteiger partial charge in [-0.15, -0.1) is 0 Å². The minimum atomic E-state index is -0.646. The van der Waals surface area contributed by atoms with E-state index in [1.807, 2.05) is 127 Å². The van der Waals surface area contributed by atoms with E-state index >= 15 is 0 Å². The second-order valence-electron chi connectivity index (χ2n) is 14.0. The van der Waals surface area contributed by atoms with E-state index < -0.39 is 72.1 Å². The number of rotatable bonds is 8. The Morgan fingerprint density at radius 1 is 0.328 bits per heavy atom. The van der Waals surface area contributed by atoms with Crippen LogP contribution < -0.4 is 0 Å². The van der Waals surface area contributed by atoms with E-state index in [0.29, 0.717) is 28.5 Å². The maximum Gasteiger partial charge on any atom is 0.166 e. The lowest BCUT2D eigenvalue weighted by Crippen LogP contribution is -2.05. The first kappa shape index (κ1) is 26.6. The lowest BCUT2D eigenvalue weighted by molar-refractivity contribution is 1.06. The molecule has 0 unspecified atom stereocenters. The highest BCUT2D eigenvalue weighted by Crippen LogP contribution is 2.41. The highest BCUT2D eigenvalue weighted by molar-refractivity contribution is 6.16. The topological polar surface area (TPSA) is 82.3 Å². The molecule has 0 saturated carbocycles. The summed E-state index contributed by atoms with van der Waals surface area (Å²) in [4.78, 5) is 29.3. The number of para-hydroxylation sites is 1. The lowest BCUT2D eigenvalue weighted by atomic mass is 9.99. The molecule has 3 heterocycles. The average Bonchev–Trinajstić information content (AvgIpc) is 3.75. The first-order valence-corrected chi connectivity index (χ1v) is 19.4. The van der Waals surface area contributed by atoms with Crippen molar-refractivity contribution >= 4 is 21.8 Å². The minimum Gasteiger partial charge on any atom is -0.308 e. The Kier molecular flexibility index (Phi) is 6.70. The summed E-state index contributed by atoms with van der Waals surface area (Å²) >= 11 is 0. The van der Waals surface area contributed by atoms with Crippen LogP contribution in [0.1, 0.15) is 13.7 Å². The Hall–Kier alpha value is -8.42. The van der Waals surface area contributed by atoms with E-state index in [1.165, 1.54) is 0 Å². The molecule has 11 aromatic rings. The standard InChI is InChI=1S/C54H35N7/c1-6-19-36(20-7-1)42-30-18-32-47-48(42)43-29-16-17-31-45(43)61(47)46-34-33-41(53-57-49(37-21-8-2-9-22-37)55-50(58-53)38-23-10-3-11-24-38)35-44(46)54-59-51(39-25-12-4-13-26-39)56-52(60-54)40-27-14-5-15-28-40/h1-35H/i4D,5D,12D,13D,14D,15D,25D,26D,27D,28D. The maximum atomic E-state index is 9.00. The van der Waals surface area contributed by atoms with E-state index in [0.717, 1.165) is 44.1 Å². The van der Waals surface area contributed by atoms with Crippen LogP contribution in [0.3, 0.4) is 0 Å². The summed E-state index contributed by atoms with van der Waals surface area (Å²) in [7, 11) is 0. The van der Waals surface area contributed by atoms with Crippen molar-refractivity contribution in [1.29, 1.82) is 0 Å². The molecule has 0 aliphatic heterocycles. The molecule has 0 spiro atoms. The summed E-state index contributed by atoms with van der Waals surface area (Å²) in [5, 5.41) is 1.89. The number of hydrogen-bond acceptors (Lipinski definition) is 6. The summed E-state index contributed by atoms with van der Waals surface area (Å²) in [5.74, 6) is 0.190. The molecule has 0 N–H and O–H groups in total. The third kappa shape index (κ3) is 6.70. The van der Waals surface area contributed by atoms with E-state index in [9.17, 15) is 0 Å². The SMILES string of the molecule is [2H]c1c([2H])c([2H])c(-c2nc(-c3cc(-c4nc(-c5ccccc5)nc(-c5ccccc5)n4)ccc3-n3c4ccccc4c4c(-c5ccccc5)cccc43)nc(-c3c([2H])c([2H])c([2H])c([2H])c3[2H])n2)c([2H])c1[2H]. The van der Waals surface area contributed by atoms with Gasteiger partial charge in [0.1, 0.15) is 0 Å². The molecule has 11 rings (SSSR count). The summed E-state index contributed by atoms with van der Waals surface area (Å²) in [5.41, 5.74) is 5.64. The van der Waals surface area contributed by atoms with Crippen LogP contribution >= 0.6 is 0 Å². The molecular weight excluding hydrogens is 747 g/mol. The quantitative estimate of drug-likeness (QED) is 0.152. The lowest BCUT2D eigenvalue weighted by Gasteiger charge is -2.16. The first-order valence-electron chi connectivity index (χ1n) is 24.4. The van der Waals surface area contributed by atoms with Crippen LogP contribution in [0.5, 0.6) is 0 Å². The van der Waals surface area contributed by atoms with Crippen molar-refractivity contribution in [2.75, 3.05) is 0 Å². The summed E-state index contributed by atoms with van der Waals surface area (Å²) in [6.45, 7) is 0. The van der Waals surface area contributed by atoms with E-state index in [-0.39, 0.29) is 22.8 Å². The largest absolute Gasteiger partial charge is 0.308 e. The van der Waals surface area contributed by atoms with Crippen molar-refractivity contribution < 1.29 is 13.7 Å². The molecule has 0 saturated heterocycles. The second-order valence-corrected chi connectivity index (χ2v) is 14.0. The molecule has 7 heteroatoms. The van der Waals surface area contributed by atoms with Gasteiger partial charge in [-0.2, -0.15) is 0 Å². The Morgan fingerprint density at radius 2 is 0.787 bits per heavy atom. The zero-order valence-electron chi connectivity index (χ0n) is 42.1. The zero-order valence-corrected chi connectivity index (χ0v) is 32.1. The maximum absolute atomic E-state index is 9.00. The molecule has 8 aromatic carbocycles. The Morgan fingerprint density at radius 3 is 1.36 bits per heavy atom.